The van der Waals surface area contributed by atoms with Gasteiger partial charge in [0.1, 0.15) is 11.6 Å². The minimum Gasteiger partial charge on any atom is -0.390 e. The highest BCUT2D eigenvalue weighted by Gasteiger charge is 2.22. The van der Waals surface area contributed by atoms with E-state index in [0.29, 0.717) is 12.1 Å². The summed E-state index contributed by atoms with van der Waals surface area (Å²) in [5, 5.41) is 16.9. The van der Waals surface area contributed by atoms with Gasteiger partial charge in [0.25, 0.3) is 0 Å². The number of rotatable bonds is 10. The molecule has 3 rings (SSSR count). The van der Waals surface area contributed by atoms with Crippen molar-refractivity contribution in [2.24, 2.45) is 5.41 Å². The fraction of sp³-hybridized carbons (Fsp3) is 0.414. The quantitative estimate of drug-likeness (QED) is 0.321. The Morgan fingerprint density at radius 3 is 2.31 bits per heavy atom. The maximum Gasteiger partial charge on any atom is 0.217 e. The van der Waals surface area contributed by atoms with Crippen molar-refractivity contribution in [2.45, 2.75) is 66.2 Å². The van der Waals surface area contributed by atoms with Gasteiger partial charge in [0.2, 0.25) is 5.91 Å². The second-order valence-corrected chi connectivity index (χ2v) is 11.9. The first-order valence-corrected chi connectivity index (χ1v) is 13.0. The van der Waals surface area contributed by atoms with Crippen LogP contribution in [0.1, 0.15) is 49.3 Å². The SMILES string of the molecule is CC(=O)NC(Cc1cc(F)cc(F)c1)C(O)CNCc1cc(CC(C)(C)C)ccc1-c1ccc(C)s1. The first-order valence-electron chi connectivity index (χ1n) is 12.2. The molecule has 194 valence electrons. The predicted octanol–water partition coefficient (Wildman–Crippen LogP) is 5.79. The fourth-order valence-electron chi connectivity index (χ4n) is 4.36. The van der Waals surface area contributed by atoms with E-state index in [9.17, 15) is 18.7 Å². The lowest BCUT2D eigenvalue weighted by atomic mass is 9.87. The van der Waals surface area contributed by atoms with E-state index in [1.807, 2.05) is 0 Å². The van der Waals surface area contributed by atoms with Crippen LogP contribution in [0.15, 0.2) is 48.5 Å². The molecule has 0 bridgehead atoms. The van der Waals surface area contributed by atoms with Crippen molar-refractivity contribution in [1.29, 1.82) is 0 Å². The molecule has 0 saturated carbocycles. The Morgan fingerprint density at radius 1 is 1.03 bits per heavy atom. The standard InChI is InChI=1S/C29H36F2N2O2S/c1-18-6-9-28(36-18)25-8-7-20(15-29(3,4)5)10-22(25)16-32-17-27(35)26(33-19(2)34)13-21-11-23(30)14-24(31)12-21/h6-12,14,26-27,32,35H,13,15-17H2,1-5H3,(H,33,34). The normalized spacial score (nSPS) is 13.4. The lowest BCUT2D eigenvalue weighted by molar-refractivity contribution is -0.120. The van der Waals surface area contributed by atoms with Crippen molar-refractivity contribution >= 4 is 17.2 Å². The van der Waals surface area contributed by atoms with Crippen LogP contribution in [-0.4, -0.2) is 29.7 Å². The summed E-state index contributed by atoms with van der Waals surface area (Å²) in [5.74, 6) is -1.70. The predicted molar refractivity (Wildman–Crippen MR) is 143 cm³/mol. The number of aryl methyl sites for hydroxylation is 1. The molecule has 2 aromatic carbocycles. The van der Waals surface area contributed by atoms with Gasteiger partial charge in [-0.3, -0.25) is 4.79 Å². The number of thiophene rings is 1. The first kappa shape index (κ1) is 28.0. The van der Waals surface area contributed by atoms with E-state index < -0.39 is 23.8 Å². The van der Waals surface area contributed by atoms with Crippen LogP contribution < -0.4 is 10.6 Å². The van der Waals surface area contributed by atoms with Gasteiger partial charge in [-0.05, 0) is 71.7 Å². The highest BCUT2D eigenvalue weighted by molar-refractivity contribution is 7.15. The summed E-state index contributed by atoms with van der Waals surface area (Å²) >= 11 is 1.74. The molecule has 0 radical (unpaired) electrons. The molecule has 3 N–H and O–H groups in total. The van der Waals surface area contributed by atoms with Crippen LogP contribution in [0.25, 0.3) is 10.4 Å². The van der Waals surface area contributed by atoms with Gasteiger partial charge in [-0.1, -0.05) is 39.0 Å². The summed E-state index contributed by atoms with van der Waals surface area (Å²) in [4.78, 5) is 14.2. The molecule has 3 aromatic rings. The van der Waals surface area contributed by atoms with Gasteiger partial charge in [0.15, 0.2) is 0 Å². The van der Waals surface area contributed by atoms with Crippen molar-refractivity contribution in [3.63, 3.8) is 0 Å². The van der Waals surface area contributed by atoms with E-state index in [1.54, 1.807) is 11.3 Å². The Balaban J connectivity index is 1.74. The molecule has 0 saturated heterocycles. The number of benzene rings is 2. The van der Waals surface area contributed by atoms with Crippen LogP contribution in [0, 0.1) is 24.0 Å². The zero-order valence-corrected chi connectivity index (χ0v) is 22.4. The number of nitrogens with one attached hydrogen (secondary N) is 2. The van der Waals surface area contributed by atoms with E-state index >= 15 is 0 Å². The molecule has 1 heterocycles. The van der Waals surface area contributed by atoms with Crippen molar-refractivity contribution < 1.29 is 18.7 Å². The zero-order chi connectivity index (χ0) is 26.5. The van der Waals surface area contributed by atoms with E-state index in [-0.39, 0.29) is 24.3 Å². The maximum absolute atomic E-state index is 13.6. The smallest absolute Gasteiger partial charge is 0.217 e. The fourth-order valence-corrected chi connectivity index (χ4v) is 5.29. The van der Waals surface area contributed by atoms with Gasteiger partial charge in [-0.25, -0.2) is 8.78 Å². The summed E-state index contributed by atoms with van der Waals surface area (Å²) in [6.45, 7) is 10.8. The topological polar surface area (TPSA) is 61.4 Å². The number of hydrogen-bond acceptors (Lipinski definition) is 4. The lowest BCUT2D eigenvalue weighted by Gasteiger charge is -2.25. The number of aliphatic hydroxyl groups is 1. The highest BCUT2D eigenvalue weighted by Crippen LogP contribution is 2.32. The first-order chi connectivity index (χ1) is 16.9. The van der Waals surface area contributed by atoms with Gasteiger partial charge >= 0.3 is 0 Å². The van der Waals surface area contributed by atoms with Crippen LogP contribution in [-0.2, 0) is 24.2 Å². The van der Waals surface area contributed by atoms with Crippen LogP contribution in [0.5, 0.6) is 0 Å². The van der Waals surface area contributed by atoms with Crippen molar-refractivity contribution in [3.8, 4) is 10.4 Å². The average molecular weight is 515 g/mol. The summed E-state index contributed by atoms with van der Waals surface area (Å²) < 4.78 is 27.3. The third kappa shape index (κ3) is 8.50. The molecule has 7 heteroatoms. The number of amides is 1. The molecular formula is C29H36F2N2O2S. The largest absolute Gasteiger partial charge is 0.390 e. The Kier molecular flexibility index (Phi) is 9.39. The van der Waals surface area contributed by atoms with Gasteiger partial charge in [-0.2, -0.15) is 0 Å². The van der Waals surface area contributed by atoms with Gasteiger partial charge in [0.05, 0.1) is 12.1 Å². The van der Waals surface area contributed by atoms with E-state index in [2.05, 4.69) is 68.7 Å². The molecule has 4 nitrogen and oxygen atoms in total. The second kappa shape index (κ2) is 12.1. The van der Waals surface area contributed by atoms with Gasteiger partial charge in [0, 0.05) is 35.8 Å². The minimum atomic E-state index is -0.953. The number of hydrogen-bond donors (Lipinski definition) is 3. The molecule has 36 heavy (non-hydrogen) atoms. The van der Waals surface area contributed by atoms with Crippen molar-refractivity contribution in [2.75, 3.05) is 6.54 Å². The molecule has 0 aliphatic carbocycles. The summed E-state index contributed by atoms with van der Waals surface area (Å²) in [7, 11) is 0. The summed E-state index contributed by atoms with van der Waals surface area (Å²) in [5.41, 5.74) is 4.07. The van der Waals surface area contributed by atoms with Crippen LogP contribution in [0.4, 0.5) is 8.78 Å². The van der Waals surface area contributed by atoms with Crippen molar-refractivity contribution in [1.82, 2.24) is 10.6 Å². The zero-order valence-electron chi connectivity index (χ0n) is 21.6. The molecular weight excluding hydrogens is 478 g/mol. The van der Waals surface area contributed by atoms with Crippen LogP contribution >= 0.6 is 11.3 Å². The Bertz CT molecular complexity index is 1170. The monoisotopic (exact) mass is 514 g/mol. The van der Waals surface area contributed by atoms with Crippen molar-refractivity contribution in [3.05, 3.63) is 81.7 Å². The molecule has 0 spiro atoms. The van der Waals surface area contributed by atoms with Crippen LogP contribution in [0.3, 0.4) is 0 Å². The van der Waals surface area contributed by atoms with E-state index in [0.717, 1.165) is 23.6 Å². The minimum absolute atomic E-state index is 0.109. The third-order valence-electron chi connectivity index (χ3n) is 5.81. The van der Waals surface area contributed by atoms with Crippen LogP contribution in [0.2, 0.25) is 0 Å². The number of aliphatic hydroxyl groups excluding tert-OH is 1. The molecule has 0 fully saturated rings. The Hall–Kier alpha value is -2.61. The van der Waals surface area contributed by atoms with Gasteiger partial charge < -0.3 is 15.7 Å². The Labute approximate surface area is 216 Å². The Morgan fingerprint density at radius 2 is 1.72 bits per heavy atom. The third-order valence-corrected chi connectivity index (χ3v) is 6.84. The molecule has 1 amide bonds. The average Bonchev–Trinajstić information content (AvgIpc) is 3.17. The van der Waals surface area contributed by atoms with Gasteiger partial charge in [-0.15, -0.1) is 11.3 Å². The molecule has 0 aliphatic rings. The number of carbonyl (C=O) groups is 1. The molecule has 2 unspecified atom stereocenters. The molecule has 1 aromatic heterocycles. The molecule has 0 aliphatic heterocycles. The highest BCUT2D eigenvalue weighted by atomic mass is 32.1. The maximum atomic E-state index is 13.6. The second-order valence-electron chi connectivity index (χ2n) is 10.6. The number of halogens is 2. The number of carbonyl (C=O) groups excluding carboxylic acids is 1. The van der Waals surface area contributed by atoms with E-state index in [1.165, 1.54) is 34.4 Å². The van der Waals surface area contributed by atoms with E-state index in [4.69, 9.17) is 0 Å². The molecule has 2 atom stereocenters. The summed E-state index contributed by atoms with van der Waals surface area (Å²) in [6, 6.07) is 13.3. The lowest BCUT2D eigenvalue weighted by Crippen LogP contribution is -2.48. The summed E-state index contributed by atoms with van der Waals surface area (Å²) in [6.07, 6.45) is 0.101.